The molecule has 8 rings (SSSR count). The van der Waals surface area contributed by atoms with Crippen LogP contribution in [0.2, 0.25) is 0 Å². The van der Waals surface area contributed by atoms with Crippen LogP contribution in [0.1, 0.15) is 33.4 Å². The van der Waals surface area contributed by atoms with E-state index < -0.39 is 0 Å². The van der Waals surface area contributed by atoms with Gasteiger partial charge < -0.3 is 9.80 Å². The summed E-state index contributed by atoms with van der Waals surface area (Å²) in [5, 5.41) is 0. The molecule has 0 heterocycles. The van der Waals surface area contributed by atoms with Crippen molar-refractivity contribution in [2.75, 3.05) is 9.80 Å². The van der Waals surface area contributed by atoms with Crippen molar-refractivity contribution < 1.29 is 0 Å². The summed E-state index contributed by atoms with van der Waals surface area (Å²) in [4.78, 5) is 4.63. The Bertz CT molecular complexity index is 2530. The van der Waals surface area contributed by atoms with Crippen molar-refractivity contribution in [2.45, 2.75) is 13.8 Å². The van der Waals surface area contributed by atoms with Crippen LogP contribution in [0, 0.1) is 13.8 Å². The van der Waals surface area contributed by atoms with E-state index in [0.717, 1.165) is 56.4 Å². The summed E-state index contributed by atoms with van der Waals surface area (Å²) >= 11 is 0. The fourth-order valence-electron chi connectivity index (χ4n) is 7.21. The van der Waals surface area contributed by atoms with Gasteiger partial charge in [-0.05, 0) is 120 Å². The minimum absolute atomic E-state index is 1.09. The van der Waals surface area contributed by atoms with Crippen molar-refractivity contribution in [3.63, 3.8) is 0 Å². The Balaban J connectivity index is 1.02. The van der Waals surface area contributed by atoms with Gasteiger partial charge >= 0.3 is 0 Å². The Labute approximate surface area is 355 Å². The molecule has 0 aliphatic carbocycles. The number of benzene rings is 8. The molecule has 0 atom stereocenters. The zero-order valence-corrected chi connectivity index (χ0v) is 34.1. The number of rotatable bonds is 13. The van der Waals surface area contributed by atoms with E-state index >= 15 is 0 Å². The molecule has 0 aliphatic heterocycles. The number of nitrogens with zero attached hydrogens (tertiary/aromatic N) is 2. The van der Waals surface area contributed by atoms with Gasteiger partial charge in [0, 0.05) is 34.1 Å². The van der Waals surface area contributed by atoms with Crippen molar-refractivity contribution in [1.29, 1.82) is 0 Å². The predicted octanol–water partition coefficient (Wildman–Crippen LogP) is 16.4. The molecule has 2 nitrogen and oxygen atoms in total. The lowest BCUT2D eigenvalue weighted by Crippen LogP contribution is -2.10. The first-order chi connectivity index (χ1) is 29.6. The third kappa shape index (κ3) is 10.1. The van der Waals surface area contributed by atoms with E-state index in [4.69, 9.17) is 0 Å². The van der Waals surface area contributed by atoms with Gasteiger partial charge in [0.05, 0.1) is 0 Å². The van der Waals surface area contributed by atoms with Crippen molar-refractivity contribution >= 4 is 58.4 Å². The second-order valence-corrected chi connectivity index (χ2v) is 14.9. The molecule has 60 heavy (non-hydrogen) atoms. The van der Waals surface area contributed by atoms with Crippen molar-refractivity contribution in [1.82, 2.24) is 0 Å². The maximum absolute atomic E-state index is 2.31. The highest BCUT2D eigenvalue weighted by molar-refractivity contribution is 5.82. The van der Waals surface area contributed by atoms with Gasteiger partial charge in [0.2, 0.25) is 0 Å². The molecule has 0 amide bonds. The number of hydrogen-bond acceptors (Lipinski definition) is 2. The van der Waals surface area contributed by atoms with Crippen LogP contribution in [-0.4, -0.2) is 0 Å². The van der Waals surface area contributed by atoms with Crippen molar-refractivity contribution in [3.05, 3.63) is 264 Å². The van der Waals surface area contributed by atoms with E-state index in [9.17, 15) is 0 Å². The van der Waals surface area contributed by atoms with Gasteiger partial charge in [-0.2, -0.15) is 0 Å². The smallest absolute Gasteiger partial charge is 0.0467 e. The summed E-state index contributed by atoms with van der Waals surface area (Å²) in [6.07, 6.45) is 17.0. The van der Waals surface area contributed by atoms with Crippen molar-refractivity contribution in [3.8, 4) is 11.1 Å². The quantitative estimate of drug-likeness (QED) is 0.108. The van der Waals surface area contributed by atoms with Crippen LogP contribution in [0.25, 0.3) is 35.4 Å². The van der Waals surface area contributed by atoms with E-state index in [1.54, 1.807) is 0 Å². The molecule has 0 bridgehead atoms. The lowest BCUT2D eigenvalue weighted by Gasteiger charge is -2.26. The first kappa shape index (κ1) is 39.2. The number of allylic oxidation sites excluding steroid dienone is 4. The fourth-order valence-corrected chi connectivity index (χ4v) is 7.21. The van der Waals surface area contributed by atoms with Gasteiger partial charge in [-0.15, -0.1) is 0 Å². The summed E-state index contributed by atoms with van der Waals surface area (Å²) in [5.41, 5.74) is 16.1. The van der Waals surface area contributed by atoms with Crippen LogP contribution in [-0.2, 0) is 0 Å². The van der Waals surface area contributed by atoms with E-state index in [-0.39, 0.29) is 0 Å². The Morgan fingerprint density at radius 1 is 0.267 bits per heavy atom. The minimum atomic E-state index is 1.09. The molecule has 0 fully saturated rings. The third-order valence-corrected chi connectivity index (χ3v) is 10.4. The Morgan fingerprint density at radius 2 is 0.583 bits per heavy atom. The summed E-state index contributed by atoms with van der Waals surface area (Å²) in [7, 11) is 0. The molecule has 0 saturated heterocycles. The fraction of sp³-hybridized carbons (Fsp3) is 0.0345. The van der Waals surface area contributed by atoms with Crippen molar-refractivity contribution in [2.24, 2.45) is 0 Å². The molecule has 0 saturated carbocycles. The highest BCUT2D eigenvalue weighted by atomic mass is 15.1. The second kappa shape index (κ2) is 19.2. The highest BCUT2D eigenvalue weighted by Crippen LogP contribution is 2.38. The number of anilines is 6. The number of hydrogen-bond donors (Lipinski definition) is 0. The van der Waals surface area contributed by atoms with Crippen LogP contribution in [0.5, 0.6) is 0 Å². The lowest BCUT2D eigenvalue weighted by atomic mass is 10.0. The number of para-hydroxylation sites is 2. The monoisotopic (exact) mass is 772 g/mol. The molecule has 0 aromatic heterocycles. The van der Waals surface area contributed by atoms with Crippen LogP contribution in [0.3, 0.4) is 0 Å². The molecule has 0 unspecified atom stereocenters. The Kier molecular flexibility index (Phi) is 12.5. The Hall–Kier alpha value is -7.68. The normalized spacial score (nSPS) is 11.6. The molecule has 8 aromatic rings. The molecule has 0 spiro atoms. The minimum Gasteiger partial charge on any atom is -0.310 e. The van der Waals surface area contributed by atoms with Gasteiger partial charge in [-0.25, -0.2) is 0 Å². The van der Waals surface area contributed by atoms with E-state index in [2.05, 4.69) is 279 Å². The second-order valence-electron chi connectivity index (χ2n) is 14.9. The lowest BCUT2D eigenvalue weighted by molar-refractivity contribution is 1.28. The van der Waals surface area contributed by atoms with Gasteiger partial charge in [-0.1, -0.05) is 193 Å². The van der Waals surface area contributed by atoms with Crippen LogP contribution >= 0.6 is 0 Å². The zero-order chi connectivity index (χ0) is 40.9. The SMILES string of the molecule is Cc1ccc(C=CC=Cc2cccc(N(c3ccccc3)c3ccc(-c4ccc(N(c5ccccc5)c5cccc(C=CC=Cc6ccc(C)cc6)c5)cc4)cc3)c2)cc1. The molecular formula is C58H48N2. The topological polar surface area (TPSA) is 6.48 Å². The molecule has 2 heteroatoms. The maximum Gasteiger partial charge on any atom is 0.0467 e. The van der Waals surface area contributed by atoms with E-state index in [1.165, 1.54) is 22.3 Å². The average molecular weight is 773 g/mol. The van der Waals surface area contributed by atoms with Gasteiger partial charge in [0.25, 0.3) is 0 Å². The molecule has 0 aliphatic rings. The molecular weight excluding hydrogens is 725 g/mol. The van der Waals surface area contributed by atoms with Gasteiger partial charge in [0.15, 0.2) is 0 Å². The third-order valence-electron chi connectivity index (χ3n) is 10.4. The molecule has 0 N–H and O–H groups in total. The van der Waals surface area contributed by atoms with Gasteiger partial charge in [-0.3, -0.25) is 0 Å². The van der Waals surface area contributed by atoms with Gasteiger partial charge in [0.1, 0.15) is 0 Å². The number of aryl methyl sites for hydroxylation is 2. The predicted molar refractivity (Wildman–Crippen MR) is 260 cm³/mol. The van der Waals surface area contributed by atoms with E-state index in [0.29, 0.717) is 0 Å². The summed E-state index contributed by atoms with van der Waals surface area (Å²) < 4.78 is 0. The largest absolute Gasteiger partial charge is 0.310 e. The standard InChI is InChI=1S/C58H48N2/c1-45-27-31-47(32-28-45)15-9-11-17-49-19-13-25-57(43-49)59(53-21-5-3-6-22-53)55-39-35-51(36-40-55)52-37-41-56(42-38-52)60(54-23-7-4-8-24-54)58-26-14-20-50(44-58)18-12-10-16-48-33-29-46(2)30-34-48/h3-44H,1-2H3. The molecule has 290 valence electrons. The van der Waals surface area contributed by atoms with Crippen LogP contribution < -0.4 is 9.80 Å². The summed E-state index contributed by atoms with van der Waals surface area (Å²) in [6.45, 7) is 4.22. The average Bonchev–Trinajstić information content (AvgIpc) is 3.30. The first-order valence-electron chi connectivity index (χ1n) is 20.5. The first-order valence-corrected chi connectivity index (χ1v) is 20.5. The molecule has 0 radical (unpaired) electrons. The zero-order valence-electron chi connectivity index (χ0n) is 34.1. The maximum atomic E-state index is 2.31. The molecule has 8 aromatic carbocycles. The van der Waals surface area contributed by atoms with Crippen LogP contribution in [0.15, 0.2) is 231 Å². The summed E-state index contributed by atoms with van der Waals surface area (Å²) in [6, 6.07) is 73.4. The summed E-state index contributed by atoms with van der Waals surface area (Å²) in [5.74, 6) is 0. The highest BCUT2D eigenvalue weighted by Gasteiger charge is 2.15. The van der Waals surface area contributed by atoms with E-state index in [1.807, 2.05) is 0 Å². The van der Waals surface area contributed by atoms with Crippen LogP contribution in [0.4, 0.5) is 34.1 Å². The Morgan fingerprint density at radius 3 is 0.950 bits per heavy atom.